The molecule has 0 spiro atoms. The molecule has 1 aromatic rings. The topological polar surface area (TPSA) is 45.2 Å². The Kier molecular flexibility index (Phi) is 3.63. The summed E-state index contributed by atoms with van der Waals surface area (Å²) in [7, 11) is 0. The van der Waals surface area contributed by atoms with E-state index in [1.165, 1.54) is 0 Å². The lowest BCUT2D eigenvalue weighted by Gasteiger charge is -2.00. The lowest BCUT2D eigenvalue weighted by atomic mass is 10.1. The molecule has 3 heteroatoms. The van der Waals surface area contributed by atoms with E-state index in [0.717, 1.165) is 12.0 Å². The predicted octanol–water partition coefficient (Wildman–Crippen LogP) is 2.43. The zero-order chi connectivity index (χ0) is 10.6. The smallest absolute Gasteiger partial charge is 0.274 e. The van der Waals surface area contributed by atoms with Crippen LogP contribution in [-0.2, 0) is 0 Å². The van der Waals surface area contributed by atoms with Crippen molar-refractivity contribution < 1.29 is 0 Å². The Morgan fingerprint density at radius 3 is 2.93 bits per heavy atom. The molecule has 1 heterocycles. The summed E-state index contributed by atoms with van der Waals surface area (Å²) in [5, 5.41) is 0. The highest BCUT2D eigenvalue weighted by molar-refractivity contribution is 5.66. The third-order valence-corrected chi connectivity index (χ3v) is 2.24. The molecule has 0 fully saturated rings. The first-order valence-corrected chi connectivity index (χ1v) is 4.87. The maximum atomic E-state index is 11.4. The average Bonchev–Trinajstić information content (AvgIpc) is 2.16. The highest BCUT2D eigenvalue weighted by Gasteiger charge is 2.00. The Morgan fingerprint density at radius 1 is 1.64 bits per heavy atom. The molecule has 76 valence electrons. The Morgan fingerprint density at radius 2 is 2.36 bits per heavy atom. The third kappa shape index (κ3) is 2.55. The molecule has 0 amide bonds. The maximum Gasteiger partial charge on any atom is 0.274 e. The van der Waals surface area contributed by atoms with Crippen molar-refractivity contribution in [3.8, 4) is 0 Å². The van der Waals surface area contributed by atoms with Gasteiger partial charge in [0.2, 0.25) is 0 Å². The van der Waals surface area contributed by atoms with Gasteiger partial charge in [-0.2, -0.15) is 0 Å². The Hall–Kier alpha value is -1.38. The summed E-state index contributed by atoms with van der Waals surface area (Å²) in [6.45, 7) is 6.06. The van der Waals surface area contributed by atoms with E-state index in [2.05, 4.69) is 23.8 Å². The molecule has 0 aromatic carbocycles. The van der Waals surface area contributed by atoms with Crippen LogP contribution in [0.1, 0.15) is 25.8 Å². The van der Waals surface area contributed by atoms with Gasteiger partial charge in [-0.15, -0.1) is 0 Å². The van der Waals surface area contributed by atoms with E-state index in [4.69, 9.17) is 0 Å². The summed E-state index contributed by atoms with van der Waals surface area (Å²) in [6, 6.07) is 1.85. The molecular formula is C11H16N2O. The summed E-state index contributed by atoms with van der Waals surface area (Å²) < 4.78 is 0. The molecule has 1 unspecified atom stereocenters. The second kappa shape index (κ2) is 4.74. The minimum absolute atomic E-state index is 0.121. The molecule has 0 aliphatic rings. The number of hydrogen-bond acceptors (Lipinski definition) is 2. The van der Waals surface area contributed by atoms with Gasteiger partial charge in [-0.25, -0.2) is 0 Å². The van der Waals surface area contributed by atoms with Crippen molar-refractivity contribution in [2.75, 3.05) is 0 Å². The largest absolute Gasteiger partial charge is 0.327 e. The minimum Gasteiger partial charge on any atom is -0.327 e. The molecule has 0 aliphatic carbocycles. The van der Waals surface area contributed by atoms with Crippen LogP contribution in [0.4, 0.5) is 5.69 Å². The molecule has 14 heavy (non-hydrogen) atoms. The van der Waals surface area contributed by atoms with Crippen molar-refractivity contribution in [3.05, 3.63) is 28.2 Å². The molecule has 0 saturated heterocycles. The molecule has 0 aliphatic heterocycles. The van der Waals surface area contributed by atoms with Gasteiger partial charge in [-0.05, 0) is 30.9 Å². The number of aliphatic imine (C=N–C) groups is 1. The molecule has 0 saturated carbocycles. The van der Waals surface area contributed by atoms with Crippen molar-refractivity contribution in [3.63, 3.8) is 0 Å². The summed E-state index contributed by atoms with van der Waals surface area (Å²) in [5.74, 6) is 0.411. The second-order valence-corrected chi connectivity index (χ2v) is 3.50. The van der Waals surface area contributed by atoms with Gasteiger partial charge in [0.15, 0.2) is 0 Å². The van der Waals surface area contributed by atoms with Crippen LogP contribution in [0.15, 0.2) is 22.1 Å². The number of nitrogens with one attached hydrogen (secondary N) is 1. The van der Waals surface area contributed by atoms with Gasteiger partial charge >= 0.3 is 0 Å². The van der Waals surface area contributed by atoms with Gasteiger partial charge in [0.25, 0.3) is 5.56 Å². The first kappa shape index (κ1) is 10.7. The van der Waals surface area contributed by atoms with Gasteiger partial charge in [0.05, 0.1) is 0 Å². The SMILES string of the molecule is CCC(C)C=Nc1c(C)cc[nH]c1=O. The standard InChI is InChI=1S/C11H16N2O/c1-4-8(2)7-13-10-9(3)5-6-12-11(10)14/h5-8H,4H2,1-3H3,(H,12,14). The van der Waals surface area contributed by atoms with Crippen molar-refractivity contribution in [2.45, 2.75) is 27.2 Å². The van der Waals surface area contributed by atoms with Crippen molar-refractivity contribution >= 4 is 11.9 Å². The summed E-state index contributed by atoms with van der Waals surface area (Å²) in [4.78, 5) is 18.2. The average molecular weight is 192 g/mol. The summed E-state index contributed by atoms with van der Waals surface area (Å²) in [6.07, 6.45) is 4.50. The molecule has 1 rings (SSSR count). The highest BCUT2D eigenvalue weighted by atomic mass is 16.1. The Balaban J connectivity index is 2.97. The zero-order valence-corrected chi connectivity index (χ0v) is 8.87. The minimum atomic E-state index is -0.121. The highest BCUT2D eigenvalue weighted by Crippen LogP contribution is 2.10. The van der Waals surface area contributed by atoms with Gasteiger partial charge in [0, 0.05) is 12.4 Å². The quantitative estimate of drug-likeness (QED) is 0.734. The van der Waals surface area contributed by atoms with Crippen LogP contribution in [0.5, 0.6) is 0 Å². The molecule has 0 radical (unpaired) electrons. The number of aryl methyl sites for hydroxylation is 1. The Labute approximate surface area is 83.9 Å². The Bertz CT molecular complexity index is 379. The van der Waals surface area contributed by atoms with E-state index >= 15 is 0 Å². The van der Waals surface area contributed by atoms with E-state index in [-0.39, 0.29) is 5.56 Å². The molecular weight excluding hydrogens is 176 g/mol. The van der Waals surface area contributed by atoms with Crippen molar-refractivity contribution in [2.24, 2.45) is 10.9 Å². The number of H-pyrrole nitrogens is 1. The summed E-state index contributed by atoms with van der Waals surface area (Å²) in [5.41, 5.74) is 1.31. The van der Waals surface area contributed by atoms with E-state index in [1.807, 2.05) is 19.2 Å². The first-order valence-electron chi connectivity index (χ1n) is 4.87. The van der Waals surface area contributed by atoms with E-state index in [9.17, 15) is 4.79 Å². The fourth-order valence-corrected chi connectivity index (χ4v) is 1.04. The van der Waals surface area contributed by atoms with Crippen LogP contribution in [-0.4, -0.2) is 11.2 Å². The van der Waals surface area contributed by atoms with E-state index in [1.54, 1.807) is 6.20 Å². The number of pyridine rings is 1. The van der Waals surface area contributed by atoms with Gasteiger partial charge in [-0.1, -0.05) is 13.8 Å². The third-order valence-electron chi connectivity index (χ3n) is 2.24. The number of aromatic amines is 1. The number of rotatable bonds is 3. The lowest BCUT2D eigenvalue weighted by Crippen LogP contribution is -2.05. The number of hydrogen-bond donors (Lipinski definition) is 1. The van der Waals surface area contributed by atoms with Crippen LogP contribution in [0.2, 0.25) is 0 Å². The van der Waals surface area contributed by atoms with E-state index in [0.29, 0.717) is 11.6 Å². The monoisotopic (exact) mass is 192 g/mol. The van der Waals surface area contributed by atoms with Gasteiger partial charge < -0.3 is 4.98 Å². The van der Waals surface area contributed by atoms with Gasteiger partial charge in [0.1, 0.15) is 5.69 Å². The van der Waals surface area contributed by atoms with Crippen molar-refractivity contribution in [1.82, 2.24) is 4.98 Å². The molecule has 0 bridgehead atoms. The summed E-state index contributed by atoms with van der Waals surface area (Å²) >= 11 is 0. The lowest BCUT2D eigenvalue weighted by molar-refractivity contribution is 0.754. The molecule has 1 aromatic heterocycles. The van der Waals surface area contributed by atoms with Crippen LogP contribution in [0.25, 0.3) is 0 Å². The molecule has 1 atom stereocenters. The molecule has 1 N–H and O–H groups in total. The fraction of sp³-hybridized carbons (Fsp3) is 0.455. The second-order valence-electron chi connectivity index (χ2n) is 3.50. The van der Waals surface area contributed by atoms with Crippen LogP contribution >= 0.6 is 0 Å². The van der Waals surface area contributed by atoms with Gasteiger partial charge in [-0.3, -0.25) is 9.79 Å². The van der Waals surface area contributed by atoms with Crippen LogP contribution < -0.4 is 5.56 Å². The number of nitrogens with zero attached hydrogens (tertiary/aromatic N) is 1. The van der Waals surface area contributed by atoms with E-state index < -0.39 is 0 Å². The normalized spacial score (nSPS) is 13.4. The van der Waals surface area contributed by atoms with Crippen molar-refractivity contribution in [1.29, 1.82) is 0 Å². The van der Waals surface area contributed by atoms with Crippen LogP contribution in [0, 0.1) is 12.8 Å². The zero-order valence-electron chi connectivity index (χ0n) is 8.87. The molecule has 3 nitrogen and oxygen atoms in total. The first-order chi connectivity index (χ1) is 6.65. The predicted molar refractivity (Wildman–Crippen MR) is 59.4 cm³/mol. The maximum absolute atomic E-state index is 11.4. The number of aromatic nitrogens is 1. The van der Waals surface area contributed by atoms with Crippen LogP contribution in [0.3, 0.4) is 0 Å². The fourth-order valence-electron chi connectivity index (χ4n) is 1.04.